The van der Waals surface area contributed by atoms with Crippen LogP contribution in [0, 0.1) is 0 Å². The fourth-order valence-electron chi connectivity index (χ4n) is 1.16. The Morgan fingerprint density at radius 1 is 0.714 bits per heavy atom. The molecule has 124 valence electrons. The second-order valence-electron chi connectivity index (χ2n) is 3.51. The van der Waals surface area contributed by atoms with Crippen molar-refractivity contribution in [3.63, 3.8) is 0 Å². The van der Waals surface area contributed by atoms with Gasteiger partial charge in [0, 0.05) is 0 Å². The fraction of sp³-hybridized carbons (Fsp3) is 0.714. The third-order valence-electron chi connectivity index (χ3n) is 2.16. The maximum atomic E-state index is 13.2. The van der Waals surface area contributed by atoms with Crippen LogP contribution >= 0.6 is 0 Å². The molecular formula is C7F12O2. The molecule has 0 spiro atoms. The standard InChI is InChI=1S/C7F12O2/c8-1(9)2-20-4(12,6(14,15)16)3(10,11)5(13,21-2)7(17,18)19. The third-order valence-corrected chi connectivity index (χ3v) is 2.16. The van der Waals surface area contributed by atoms with E-state index in [4.69, 9.17) is 0 Å². The molecule has 2 unspecified atom stereocenters. The number of halogens is 12. The molecule has 0 aromatic heterocycles. The average Bonchev–Trinajstić information content (AvgIpc) is 2.22. The molecule has 0 aromatic rings. The lowest BCUT2D eigenvalue weighted by Gasteiger charge is -2.45. The Hall–Kier alpha value is -1.50. The zero-order valence-electron chi connectivity index (χ0n) is 8.85. The molecule has 0 N–H and O–H groups in total. The lowest BCUT2D eigenvalue weighted by atomic mass is 9.99. The number of alkyl halides is 10. The third kappa shape index (κ3) is 2.14. The molecule has 2 atom stereocenters. The van der Waals surface area contributed by atoms with E-state index in [-0.39, 0.29) is 0 Å². The lowest BCUT2D eigenvalue weighted by Crippen LogP contribution is -2.73. The zero-order valence-corrected chi connectivity index (χ0v) is 8.85. The molecule has 14 heteroatoms. The van der Waals surface area contributed by atoms with E-state index < -0.39 is 42.0 Å². The highest BCUT2D eigenvalue weighted by Gasteiger charge is 2.92. The molecule has 1 aliphatic rings. The van der Waals surface area contributed by atoms with Crippen LogP contribution in [0.5, 0.6) is 0 Å². The Bertz CT molecular complexity index is 425. The summed E-state index contributed by atoms with van der Waals surface area (Å²) in [5.74, 6) is -23.8. The van der Waals surface area contributed by atoms with Crippen molar-refractivity contribution in [2.24, 2.45) is 0 Å². The minimum Gasteiger partial charge on any atom is -0.410 e. The van der Waals surface area contributed by atoms with Gasteiger partial charge < -0.3 is 9.47 Å². The van der Waals surface area contributed by atoms with E-state index in [1.807, 2.05) is 0 Å². The number of ether oxygens (including phenoxy) is 2. The van der Waals surface area contributed by atoms with E-state index in [1.54, 1.807) is 0 Å². The van der Waals surface area contributed by atoms with Gasteiger partial charge in [-0.1, -0.05) is 0 Å². The molecule has 0 amide bonds. The summed E-state index contributed by atoms with van der Waals surface area (Å²) in [6, 6.07) is 0. The van der Waals surface area contributed by atoms with Gasteiger partial charge in [0.25, 0.3) is 0 Å². The smallest absolute Gasteiger partial charge is 0.410 e. The van der Waals surface area contributed by atoms with Gasteiger partial charge in [-0.3, -0.25) is 0 Å². The largest absolute Gasteiger partial charge is 0.467 e. The molecule has 2 nitrogen and oxygen atoms in total. The number of hydrogen-bond acceptors (Lipinski definition) is 2. The molecule has 1 fully saturated rings. The van der Waals surface area contributed by atoms with Gasteiger partial charge in [-0.25, -0.2) is 0 Å². The summed E-state index contributed by atoms with van der Waals surface area (Å²) in [5.41, 5.74) is 0. The Balaban J connectivity index is 3.66. The van der Waals surface area contributed by atoms with Crippen molar-refractivity contribution in [3.8, 4) is 0 Å². The van der Waals surface area contributed by atoms with Gasteiger partial charge in [0.15, 0.2) is 0 Å². The highest BCUT2D eigenvalue weighted by Crippen LogP contribution is 2.61. The molecule has 1 aliphatic heterocycles. The van der Waals surface area contributed by atoms with Gasteiger partial charge in [0.2, 0.25) is 0 Å². The molecule has 0 radical (unpaired) electrons. The normalized spacial score (nSPS) is 33.2. The molecule has 0 bridgehead atoms. The van der Waals surface area contributed by atoms with Crippen LogP contribution in [0.25, 0.3) is 0 Å². The van der Waals surface area contributed by atoms with Gasteiger partial charge in [0.1, 0.15) is 0 Å². The van der Waals surface area contributed by atoms with Crippen LogP contribution in [0.3, 0.4) is 0 Å². The van der Waals surface area contributed by atoms with Gasteiger partial charge in [0.05, 0.1) is 0 Å². The van der Waals surface area contributed by atoms with Crippen LogP contribution in [0.1, 0.15) is 0 Å². The minimum atomic E-state index is -7.07. The van der Waals surface area contributed by atoms with Crippen LogP contribution in [-0.2, 0) is 9.47 Å². The maximum absolute atomic E-state index is 13.2. The number of rotatable bonds is 0. The van der Waals surface area contributed by atoms with Crippen molar-refractivity contribution in [3.05, 3.63) is 12.0 Å². The second-order valence-corrected chi connectivity index (χ2v) is 3.51. The van der Waals surface area contributed by atoms with Gasteiger partial charge in [-0.05, 0) is 0 Å². The number of hydrogen-bond donors (Lipinski definition) is 0. The maximum Gasteiger partial charge on any atom is 0.467 e. The molecular weight excluding hydrogens is 344 g/mol. The molecule has 1 rings (SSSR count). The van der Waals surface area contributed by atoms with E-state index in [9.17, 15) is 52.7 Å². The monoisotopic (exact) mass is 344 g/mol. The van der Waals surface area contributed by atoms with Crippen molar-refractivity contribution < 1.29 is 62.2 Å². The highest BCUT2D eigenvalue weighted by atomic mass is 19.4. The van der Waals surface area contributed by atoms with Crippen molar-refractivity contribution in [1.29, 1.82) is 0 Å². The van der Waals surface area contributed by atoms with Crippen LogP contribution in [0.2, 0.25) is 0 Å². The van der Waals surface area contributed by atoms with Gasteiger partial charge in [-0.15, -0.1) is 0 Å². The predicted molar refractivity (Wildman–Crippen MR) is 36.1 cm³/mol. The topological polar surface area (TPSA) is 18.5 Å². The Labute approximate surface area is 105 Å². The Morgan fingerprint density at radius 3 is 1.19 bits per heavy atom. The summed E-state index contributed by atoms with van der Waals surface area (Å²) < 4.78 is 154. The molecule has 1 saturated heterocycles. The van der Waals surface area contributed by atoms with E-state index in [0.29, 0.717) is 0 Å². The fourth-order valence-corrected chi connectivity index (χ4v) is 1.16. The quantitative estimate of drug-likeness (QED) is 0.614. The first kappa shape index (κ1) is 17.6. The van der Waals surface area contributed by atoms with Gasteiger partial charge in [-0.2, -0.15) is 52.7 Å². The van der Waals surface area contributed by atoms with Crippen molar-refractivity contribution in [1.82, 2.24) is 0 Å². The SMILES string of the molecule is FC(F)=C1OC(F)(C(F)(F)F)C(F)(F)C(F)(C(F)(F)F)O1. The average molecular weight is 344 g/mol. The first-order valence-corrected chi connectivity index (χ1v) is 4.33. The first-order chi connectivity index (χ1) is 9.01. The summed E-state index contributed by atoms with van der Waals surface area (Å²) in [6.45, 7) is 0. The van der Waals surface area contributed by atoms with E-state index >= 15 is 0 Å². The highest BCUT2D eigenvalue weighted by molar-refractivity contribution is 5.12. The summed E-state index contributed by atoms with van der Waals surface area (Å²) in [6.07, 6.45) is -17.7. The summed E-state index contributed by atoms with van der Waals surface area (Å²) >= 11 is 0. The molecule has 0 aliphatic carbocycles. The van der Waals surface area contributed by atoms with Crippen molar-refractivity contribution >= 4 is 0 Å². The minimum absolute atomic E-state index is 2.43. The second kappa shape index (κ2) is 4.25. The predicted octanol–water partition coefficient (Wildman–Crippen LogP) is 4.19. The first-order valence-electron chi connectivity index (χ1n) is 4.33. The van der Waals surface area contributed by atoms with Crippen LogP contribution < -0.4 is 0 Å². The van der Waals surface area contributed by atoms with E-state index in [2.05, 4.69) is 9.47 Å². The molecule has 0 saturated carbocycles. The summed E-state index contributed by atoms with van der Waals surface area (Å²) in [7, 11) is 0. The van der Waals surface area contributed by atoms with Gasteiger partial charge >= 0.3 is 42.0 Å². The van der Waals surface area contributed by atoms with E-state index in [0.717, 1.165) is 0 Å². The van der Waals surface area contributed by atoms with E-state index in [1.165, 1.54) is 0 Å². The summed E-state index contributed by atoms with van der Waals surface area (Å²) in [4.78, 5) is 0. The summed E-state index contributed by atoms with van der Waals surface area (Å²) in [5, 5.41) is 0. The molecule has 21 heavy (non-hydrogen) atoms. The van der Waals surface area contributed by atoms with Crippen molar-refractivity contribution in [2.45, 2.75) is 30.0 Å². The molecule has 1 heterocycles. The zero-order chi connectivity index (χ0) is 17.1. The lowest BCUT2D eigenvalue weighted by molar-refractivity contribution is -0.514. The Morgan fingerprint density at radius 2 is 1.00 bits per heavy atom. The van der Waals surface area contributed by atoms with Crippen LogP contribution in [0.15, 0.2) is 12.0 Å². The van der Waals surface area contributed by atoms with Crippen molar-refractivity contribution in [2.75, 3.05) is 0 Å². The Kier molecular flexibility index (Phi) is 3.55. The van der Waals surface area contributed by atoms with Crippen LogP contribution in [0.4, 0.5) is 52.7 Å². The van der Waals surface area contributed by atoms with Crippen LogP contribution in [-0.4, -0.2) is 30.0 Å². The molecule has 0 aromatic carbocycles.